The number of aliphatic hydroxyl groups excluding tert-OH is 1. The number of carbonyl (C=O) groups excluding carboxylic acids is 1. The predicted molar refractivity (Wildman–Crippen MR) is 79.4 cm³/mol. The molecule has 1 aromatic rings. The molecule has 0 unspecified atom stereocenters. The Bertz CT molecular complexity index is 638. The van der Waals surface area contributed by atoms with Gasteiger partial charge >= 0.3 is 0 Å². The molecule has 0 bridgehead atoms. The van der Waals surface area contributed by atoms with Crippen molar-refractivity contribution in [2.24, 2.45) is 0 Å². The first-order valence-corrected chi connectivity index (χ1v) is 6.13. The number of anilines is 1. The Kier molecular flexibility index (Phi) is 4.05. The van der Waals surface area contributed by atoms with Gasteiger partial charge in [-0.25, -0.2) is 0 Å². The quantitative estimate of drug-likeness (QED) is 0.737. The lowest BCUT2D eigenvalue weighted by atomic mass is 10.1. The van der Waals surface area contributed by atoms with Crippen LogP contribution in [0.3, 0.4) is 0 Å². The number of benzene rings is 1. The van der Waals surface area contributed by atoms with Crippen molar-refractivity contribution in [2.75, 3.05) is 5.32 Å². The summed E-state index contributed by atoms with van der Waals surface area (Å²) in [5, 5.41) is 22.4. The molecule has 0 saturated heterocycles. The van der Waals surface area contributed by atoms with Gasteiger partial charge in [0.15, 0.2) is 0 Å². The summed E-state index contributed by atoms with van der Waals surface area (Å²) in [4.78, 5) is 10.9. The number of rotatable bonds is 3. The van der Waals surface area contributed by atoms with E-state index in [0.717, 1.165) is 5.57 Å². The zero-order chi connectivity index (χ0) is 14.5. The minimum Gasteiger partial charge on any atom is -0.507 e. The zero-order valence-corrected chi connectivity index (χ0v) is 11.0. The second-order valence-corrected chi connectivity index (χ2v) is 4.35. The average Bonchev–Trinajstić information content (AvgIpc) is 2.88. The Hall–Kier alpha value is -2.75. The second-order valence-electron chi connectivity index (χ2n) is 4.35. The molecule has 0 aliphatic heterocycles. The van der Waals surface area contributed by atoms with Crippen LogP contribution in [0.25, 0.3) is 5.76 Å². The lowest BCUT2D eigenvalue weighted by molar-refractivity contribution is -0.114. The molecule has 3 N–H and O–H groups in total. The Labute approximate surface area is 117 Å². The number of aromatic hydroxyl groups is 1. The van der Waals surface area contributed by atoms with Crippen LogP contribution in [0.2, 0.25) is 0 Å². The topological polar surface area (TPSA) is 69.6 Å². The van der Waals surface area contributed by atoms with Gasteiger partial charge in [-0.3, -0.25) is 4.79 Å². The van der Waals surface area contributed by atoms with Crippen molar-refractivity contribution in [3.05, 3.63) is 65.8 Å². The summed E-state index contributed by atoms with van der Waals surface area (Å²) in [5.74, 6) is -0.361. The van der Waals surface area contributed by atoms with E-state index in [0.29, 0.717) is 11.3 Å². The standard InChI is InChI=1S/C16H15NO3/c1-11(18)17-13-7-8-14(16(20)10-13)15(19)9-6-12-4-2-3-5-12/h2-10,19-20H,1H3,(H,17,18). The molecule has 0 radical (unpaired) electrons. The molecule has 0 atom stereocenters. The van der Waals surface area contributed by atoms with Gasteiger partial charge in [-0.2, -0.15) is 0 Å². The number of aliphatic hydroxyl groups is 1. The maximum atomic E-state index is 10.9. The minimum atomic E-state index is -0.221. The van der Waals surface area contributed by atoms with Gasteiger partial charge < -0.3 is 15.5 Å². The van der Waals surface area contributed by atoms with Gasteiger partial charge in [0.25, 0.3) is 0 Å². The van der Waals surface area contributed by atoms with Crippen LogP contribution in [0.1, 0.15) is 12.5 Å². The van der Waals surface area contributed by atoms with Crippen molar-refractivity contribution < 1.29 is 15.0 Å². The van der Waals surface area contributed by atoms with Crippen molar-refractivity contribution in [3.63, 3.8) is 0 Å². The average molecular weight is 269 g/mol. The third-order valence-corrected chi connectivity index (χ3v) is 2.72. The van der Waals surface area contributed by atoms with Crippen LogP contribution in [0.5, 0.6) is 5.75 Å². The molecule has 0 aromatic heterocycles. The molecule has 0 heterocycles. The van der Waals surface area contributed by atoms with Crippen molar-refractivity contribution in [1.29, 1.82) is 0 Å². The molecular formula is C16H15NO3. The number of carbonyl (C=O) groups is 1. The van der Waals surface area contributed by atoms with Gasteiger partial charge in [-0.1, -0.05) is 30.4 Å². The molecular weight excluding hydrogens is 254 g/mol. The first-order valence-electron chi connectivity index (χ1n) is 6.13. The smallest absolute Gasteiger partial charge is 0.221 e. The van der Waals surface area contributed by atoms with E-state index in [1.165, 1.54) is 19.1 Å². The summed E-state index contributed by atoms with van der Waals surface area (Å²) >= 11 is 0. The monoisotopic (exact) mass is 269 g/mol. The van der Waals surface area contributed by atoms with E-state index in [2.05, 4.69) is 5.32 Å². The normalized spacial score (nSPS) is 13.7. The molecule has 1 aliphatic rings. The summed E-state index contributed by atoms with van der Waals surface area (Å²) in [7, 11) is 0. The Morgan fingerprint density at radius 2 is 1.95 bits per heavy atom. The van der Waals surface area contributed by atoms with Crippen molar-refractivity contribution in [1.82, 2.24) is 0 Å². The van der Waals surface area contributed by atoms with Crippen LogP contribution in [0.4, 0.5) is 5.69 Å². The first-order chi connectivity index (χ1) is 9.56. The Morgan fingerprint density at radius 1 is 1.25 bits per heavy atom. The van der Waals surface area contributed by atoms with E-state index in [9.17, 15) is 15.0 Å². The Morgan fingerprint density at radius 3 is 2.55 bits per heavy atom. The van der Waals surface area contributed by atoms with E-state index < -0.39 is 0 Å². The van der Waals surface area contributed by atoms with E-state index in [-0.39, 0.29) is 17.4 Å². The third kappa shape index (κ3) is 3.38. The van der Waals surface area contributed by atoms with Crippen molar-refractivity contribution >= 4 is 17.4 Å². The molecule has 1 aliphatic carbocycles. The highest BCUT2D eigenvalue weighted by atomic mass is 16.3. The number of hydrogen-bond donors (Lipinski definition) is 3. The largest absolute Gasteiger partial charge is 0.507 e. The molecule has 0 saturated carbocycles. The second kappa shape index (κ2) is 5.93. The van der Waals surface area contributed by atoms with Crippen LogP contribution in [-0.4, -0.2) is 16.1 Å². The molecule has 4 heteroatoms. The van der Waals surface area contributed by atoms with Crippen LogP contribution in [0, 0.1) is 0 Å². The molecule has 1 aromatic carbocycles. The number of phenols is 1. The van der Waals surface area contributed by atoms with Crippen LogP contribution in [-0.2, 0) is 4.79 Å². The number of hydrogen-bond acceptors (Lipinski definition) is 3. The minimum absolute atomic E-state index is 0.0434. The van der Waals surface area contributed by atoms with Gasteiger partial charge in [0.2, 0.25) is 5.91 Å². The molecule has 1 amide bonds. The summed E-state index contributed by atoms with van der Waals surface area (Å²) in [6, 6.07) is 4.55. The highest BCUT2D eigenvalue weighted by Crippen LogP contribution is 2.27. The van der Waals surface area contributed by atoms with Crippen LogP contribution < -0.4 is 5.32 Å². The fourth-order valence-electron chi connectivity index (χ4n) is 1.79. The summed E-state index contributed by atoms with van der Waals surface area (Å²) in [5.41, 5.74) is 1.75. The van der Waals surface area contributed by atoms with Crippen LogP contribution >= 0.6 is 0 Å². The molecule has 20 heavy (non-hydrogen) atoms. The number of phenolic OH excluding ortho intramolecular Hbond substituents is 1. The van der Waals surface area contributed by atoms with Gasteiger partial charge in [0, 0.05) is 18.7 Å². The number of amides is 1. The molecule has 4 nitrogen and oxygen atoms in total. The summed E-state index contributed by atoms with van der Waals surface area (Å²) in [6.07, 6.45) is 10.9. The highest BCUT2D eigenvalue weighted by Gasteiger charge is 2.07. The van der Waals surface area contributed by atoms with Crippen LogP contribution in [0.15, 0.2) is 60.2 Å². The SMILES string of the molecule is CC(=O)Nc1ccc(C(O)=CC=C2C=CC=C2)c(O)c1. The fraction of sp³-hybridized carbons (Fsp3) is 0.0625. The van der Waals surface area contributed by atoms with E-state index in [1.54, 1.807) is 18.2 Å². The summed E-state index contributed by atoms with van der Waals surface area (Å²) in [6.45, 7) is 1.39. The predicted octanol–water partition coefficient (Wildman–Crippen LogP) is 3.30. The van der Waals surface area contributed by atoms with Crippen molar-refractivity contribution in [2.45, 2.75) is 6.92 Å². The van der Waals surface area contributed by atoms with Gasteiger partial charge in [-0.15, -0.1) is 0 Å². The van der Waals surface area contributed by atoms with Gasteiger partial charge in [-0.05, 0) is 23.8 Å². The number of allylic oxidation sites excluding steroid dienone is 7. The van der Waals surface area contributed by atoms with Gasteiger partial charge in [0.05, 0.1) is 5.56 Å². The summed E-state index contributed by atoms with van der Waals surface area (Å²) < 4.78 is 0. The third-order valence-electron chi connectivity index (χ3n) is 2.72. The van der Waals surface area contributed by atoms with E-state index in [1.807, 2.05) is 24.3 Å². The highest BCUT2D eigenvalue weighted by molar-refractivity contribution is 5.89. The van der Waals surface area contributed by atoms with E-state index >= 15 is 0 Å². The zero-order valence-electron chi connectivity index (χ0n) is 11.0. The first kappa shape index (κ1) is 13.7. The number of nitrogens with one attached hydrogen (secondary N) is 1. The Balaban J connectivity index is 2.22. The lowest BCUT2D eigenvalue weighted by Gasteiger charge is -2.07. The van der Waals surface area contributed by atoms with Crippen molar-refractivity contribution in [3.8, 4) is 5.75 Å². The lowest BCUT2D eigenvalue weighted by Crippen LogP contribution is -2.05. The molecule has 0 spiro atoms. The van der Waals surface area contributed by atoms with E-state index in [4.69, 9.17) is 0 Å². The van der Waals surface area contributed by atoms with Gasteiger partial charge in [0.1, 0.15) is 11.5 Å². The maximum absolute atomic E-state index is 10.9. The molecule has 0 fully saturated rings. The molecule has 2 rings (SSSR count). The molecule has 102 valence electrons. The fourth-order valence-corrected chi connectivity index (χ4v) is 1.79. The maximum Gasteiger partial charge on any atom is 0.221 e.